The largest absolute Gasteiger partial charge is 0.381 e. The van der Waals surface area contributed by atoms with Gasteiger partial charge in [0.05, 0.1) is 6.61 Å². The summed E-state index contributed by atoms with van der Waals surface area (Å²) in [6.45, 7) is 3.57. The number of benzene rings is 2. The van der Waals surface area contributed by atoms with Crippen molar-refractivity contribution in [2.24, 2.45) is 0 Å². The molecule has 0 aliphatic heterocycles. The molecule has 3 heteroatoms. The lowest BCUT2D eigenvalue weighted by atomic mass is 10.1. The average molecular weight is 320 g/mol. The standard InChI is InChI=1S/C16H18BrNO/c1-12-8-13(6-7-16(12)17)10-18-15-5-3-4-14(9-15)11-19-2/h3-9,18H,10-11H2,1-2H3. The normalized spacial score (nSPS) is 10.5. The SMILES string of the molecule is COCc1cccc(NCc2ccc(Br)c(C)c2)c1. The second kappa shape index (κ2) is 6.73. The molecule has 0 aliphatic carbocycles. The van der Waals surface area contributed by atoms with Crippen LogP contribution in [0.1, 0.15) is 16.7 Å². The summed E-state index contributed by atoms with van der Waals surface area (Å²) < 4.78 is 6.29. The summed E-state index contributed by atoms with van der Waals surface area (Å²) >= 11 is 3.52. The molecule has 0 radical (unpaired) electrons. The number of methoxy groups -OCH3 is 1. The van der Waals surface area contributed by atoms with Crippen molar-refractivity contribution in [2.45, 2.75) is 20.1 Å². The minimum absolute atomic E-state index is 0.646. The molecule has 2 nitrogen and oxygen atoms in total. The number of rotatable bonds is 5. The molecule has 0 aromatic heterocycles. The molecule has 0 saturated carbocycles. The zero-order chi connectivity index (χ0) is 13.7. The van der Waals surface area contributed by atoms with Crippen molar-refractivity contribution in [3.63, 3.8) is 0 Å². The molecule has 2 aromatic rings. The van der Waals surface area contributed by atoms with Crippen LogP contribution in [0.25, 0.3) is 0 Å². The van der Waals surface area contributed by atoms with Crippen LogP contribution in [0.5, 0.6) is 0 Å². The Labute approximate surface area is 122 Å². The number of hydrogen-bond acceptors (Lipinski definition) is 2. The van der Waals surface area contributed by atoms with E-state index in [0.717, 1.165) is 16.7 Å². The molecule has 19 heavy (non-hydrogen) atoms. The maximum atomic E-state index is 5.14. The van der Waals surface area contributed by atoms with E-state index in [2.05, 4.69) is 64.6 Å². The fourth-order valence-electron chi connectivity index (χ4n) is 1.96. The molecule has 0 saturated heterocycles. The van der Waals surface area contributed by atoms with Crippen LogP contribution < -0.4 is 5.32 Å². The lowest BCUT2D eigenvalue weighted by Gasteiger charge is -2.09. The molecule has 1 N–H and O–H groups in total. The quantitative estimate of drug-likeness (QED) is 0.875. The van der Waals surface area contributed by atoms with Crippen molar-refractivity contribution in [3.05, 3.63) is 63.6 Å². The highest BCUT2D eigenvalue weighted by molar-refractivity contribution is 9.10. The van der Waals surface area contributed by atoms with Gasteiger partial charge in [0.2, 0.25) is 0 Å². The summed E-state index contributed by atoms with van der Waals surface area (Å²) in [5.74, 6) is 0. The molecule has 0 unspecified atom stereocenters. The fraction of sp³-hybridized carbons (Fsp3) is 0.250. The number of hydrogen-bond donors (Lipinski definition) is 1. The van der Waals surface area contributed by atoms with Crippen LogP contribution in [-0.2, 0) is 17.9 Å². The van der Waals surface area contributed by atoms with Gasteiger partial charge in [-0.2, -0.15) is 0 Å². The van der Waals surface area contributed by atoms with Crippen LogP contribution in [-0.4, -0.2) is 7.11 Å². The molecule has 0 bridgehead atoms. The Hall–Kier alpha value is -1.32. The highest BCUT2D eigenvalue weighted by Crippen LogP contribution is 2.18. The predicted molar refractivity (Wildman–Crippen MR) is 83.4 cm³/mol. The van der Waals surface area contributed by atoms with Crippen LogP contribution in [0.2, 0.25) is 0 Å². The Morgan fingerprint density at radius 3 is 2.68 bits per heavy atom. The van der Waals surface area contributed by atoms with E-state index in [1.54, 1.807) is 7.11 Å². The number of aryl methyl sites for hydroxylation is 1. The van der Waals surface area contributed by atoms with Gasteiger partial charge in [-0.1, -0.05) is 40.2 Å². The highest BCUT2D eigenvalue weighted by atomic mass is 79.9. The van der Waals surface area contributed by atoms with Crippen molar-refractivity contribution in [1.82, 2.24) is 0 Å². The Morgan fingerprint density at radius 1 is 1.11 bits per heavy atom. The van der Waals surface area contributed by atoms with Gasteiger partial charge in [0, 0.05) is 23.8 Å². The molecule has 0 aliphatic rings. The zero-order valence-electron chi connectivity index (χ0n) is 11.2. The predicted octanol–water partition coefficient (Wildman–Crippen LogP) is 4.52. The zero-order valence-corrected chi connectivity index (χ0v) is 12.8. The first-order chi connectivity index (χ1) is 9.19. The van der Waals surface area contributed by atoms with E-state index in [1.165, 1.54) is 16.7 Å². The van der Waals surface area contributed by atoms with Crippen LogP contribution in [0.3, 0.4) is 0 Å². The summed E-state index contributed by atoms with van der Waals surface area (Å²) in [5, 5.41) is 3.44. The van der Waals surface area contributed by atoms with E-state index < -0.39 is 0 Å². The molecule has 0 fully saturated rings. The van der Waals surface area contributed by atoms with E-state index in [4.69, 9.17) is 4.74 Å². The van der Waals surface area contributed by atoms with Crippen molar-refractivity contribution < 1.29 is 4.74 Å². The summed E-state index contributed by atoms with van der Waals surface area (Å²) in [4.78, 5) is 0. The summed E-state index contributed by atoms with van der Waals surface area (Å²) in [7, 11) is 1.71. The Bertz CT molecular complexity index is 554. The van der Waals surface area contributed by atoms with Gasteiger partial charge in [-0.3, -0.25) is 0 Å². The number of ether oxygens (including phenoxy) is 1. The second-order valence-electron chi connectivity index (χ2n) is 4.57. The van der Waals surface area contributed by atoms with Crippen molar-refractivity contribution in [2.75, 3.05) is 12.4 Å². The topological polar surface area (TPSA) is 21.3 Å². The van der Waals surface area contributed by atoms with Gasteiger partial charge >= 0.3 is 0 Å². The van der Waals surface area contributed by atoms with E-state index >= 15 is 0 Å². The Balaban J connectivity index is 2.01. The van der Waals surface area contributed by atoms with Gasteiger partial charge < -0.3 is 10.1 Å². The minimum atomic E-state index is 0.646. The van der Waals surface area contributed by atoms with Crippen LogP contribution >= 0.6 is 15.9 Å². The van der Waals surface area contributed by atoms with E-state index in [-0.39, 0.29) is 0 Å². The van der Waals surface area contributed by atoms with E-state index in [9.17, 15) is 0 Å². The molecule has 2 rings (SSSR count). The average Bonchev–Trinajstić information content (AvgIpc) is 2.41. The summed E-state index contributed by atoms with van der Waals surface area (Å²) in [6.07, 6.45) is 0. The van der Waals surface area contributed by atoms with Gasteiger partial charge in [-0.15, -0.1) is 0 Å². The smallest absolute Gasteiger partial charge is 0.0713 e. The molecular weight excluding hydrogens is 302 g/mol. The molecule has 100 valence electrons. The van der Waals surface area contributed by atoms with Gasteiger partial charge in [0.25, 0.3) is 0 Å². The monoisotopic (exact) mass is 319 g/mol. The lowest BCUT2D eigenvalue weighted by Crippen LogP contribution is -2.00. The highest BCUT2D eigenvalue weighted by Gasteiger charge is 1.99. The lowest BCUT2D eigenvalue weighted by molar-refractivity contribution is 0.185. The fourth-order valence-corrected chi connectivity index (χ4v) is 2.21. The third-order valence-electron chi connectivity index (χ3n) is 2.96. The number of nitrogens with one attached hydrogen (secondary N) is 1. The summed E-state index contributed by atoms with van der Waals surface area (Å²) in [5.41, 5.74) is 4.83. The van der Waals surface area contributed by atoms with Crippen LogP contribution in [0.15, 0.2) is 46.9 Å². The third-order valence-corrected chi connectivity index (χ3v) is 3.85. The Morgan fingerprint density at radius 2 is 1.95 bits per heavy atom. The minimum Gasteiger partial charge on any atom is -0.381 e. The van der Waals surface area contributed by atoms with Crippen molar-refractivity contribution in [1.29, 1.82) is 0 Å². The molecular formula is C16H18BrNO. The van der Waals surface area contributed by atoms with Gasteiger partial charge in [0.1, 0.15) is 0 Å². The maximum absolute atomic E-state index is 5.14. The van der Waals surface area contributed by atoms with E-state index in [1.807, 2.05) is 6.07 Å². The number of halogens is 1. The third kappa shape index (κ3) is 4.08. The van der Waals surface area contributed by atoms with Crippen molar-refractivity contribution in [3.8, 4) is 0 Å². The van der Waals surface area contributed by atoms with Gasteiger partial charge in [0.15, 0.2) is 0 Å². The molecule has 2 aromatic carbocycles. The van der Waals surface area contributed by atoms with Crippen LogP contribution in [0.4, 0.5) is 5.69 Å². The molecule has 0 spiro atoms. The van der Waals surface area contributed by atoms with Crippen LogP contribution in [0, 0.1) is 6.92 Å². The van der Waals surface area contributed by atoms with E-state index in [0.29, 0.717) is 6.61 Å². The maximum Gasteiger partial charge on any atom is 0.0713 e. The second-order valence-corrected chi connectivity index (χ2v) is 5.42. The molecule has 0 atom stereocenters. The summed E-state index contributed by atoms with van der Waals surface area (Å²) in [6, 6.07) is 14.7. The molecule has 0 heterocycles. The van der Waals surface area contributed by atoms with Gasteiger partial charge in [-0.25, -0.2) is 0 Å². The molecule has 0 amide bonds. The van der Waals surface area contributed by atoms with Gasteiger partial charge in [-0.05, 0) is 41.8 Å². The number of anilines is 1. The van der Waals surface area contributed by atoms with Crippen molar-refractivity contribution >= 4 is 21.6 Å². The first-order valence-corrected chi connectivity index (χ1v) is 7.05. The first kappa shape index (κ1) is 14.1. The Kier molecular flexibility index (Phi) is 5.00. The first-order valence-electron chi connectivity index (χ1n) is 6.26.